The smallest absolute Gasteiger partial charge is 0.323 e. The summed E-state index contributed by atoms with van der Waals surface area (Å²) < 4.78 is 5.02. The third-order valence-electron chi connectivity index (χ3n) is 3.57. The molecule has 0 fully saturated rings. The SMILES string of the molecule is CCOC(=O)C(CCN(C)C(C)(C)CC)NC. The molecule has 102 valence electrons. The fourth-order valence-electron chi connectivity index (χ4n) is 1.52. The van der Waals surface area contributed by atoms with Gasteiger partial charge in [-0.2, -0.15) is 0 Å². The van der Waals surface area contributed by atoms with Crippen molar-refractivity contribution in [2.75, 3.05) is 27.2 Å². The van der Waals surface area contributed by atoms with E-state index < -0.39 is 0 Å². The van der Waals surface area contributed by atoms with Crippen LogP contribution in [0.25, 0.3) is 0 Å². The van der Waals surface area contributed by atoms with E-state index in [1.165, 1.54) is 0 Å². The van der Waals surface area contributed by atoms with Crippen molar-refractivity contribution in [3.05, 3.63) is 0 Å². The van der Waals surface area contributed by atoms with Crippen molar-refractivity contribution < 1.29 is 9.53 Å². The number of carbonyl (C=O) groups excluding carboxylic acids is 1. The molecular weight excluding hydrogens is 216 g/mol. The fourth-order valence-corrected chi connectivity index (χ4v) is 1.52. The van der Waals surface area contributed by atoms with Gasteiger partial charge in [0.05, 0.1) is 6.61 Å². The molecule has 1 N–H and O–H groups in total. The highest BCUT2D eigenvalue weighted by atomic mass is 16.5. The van der Waals surface area contributed by atoms with Crippen molar-refractivity contribution in [1.29, 1.82) is 0 Å². The van der Waals surface area contributed by atoms with Crippen molar-refractivity contribution in [2.45, 2.75) is 52.1 Å². The molecule has 4 heteroatoms. The van der Waals surface area contributed by atoms with Gasteiger partial charge in [-0.3, -0.25) is 4.79 Å². The molecule has 1 atom stereocenters. The van der Waals surface area contributed by atoms with Crippen molar-refractivity contribution in [1.82, 2.24) is 10.2 Å². The van der Waals surface area contributed by atoms with Crippen LogP contribution in [0.2, 0.25) is 0 Å². The molecule has 0 aliphatic heterocycles. The first kappa shape index (κ1) is 16.4. The molecule has 0 amide bonds. The predicted molar refractivity (Wildman–Crippen MR) is 71.1 cm³/mol. The number of hydrogen-bond acceptors (Lipinski definition) is 4. The van der Waals surface area contributed by atoms with Crippen LogP contribution < -0.4 is 5.32 Å². The van der Waals surface area contributed by atoms with Gasteiger partial charge in [0.2, 0.25) is 0 Å². The second-order valence-electron chi connectivity index (χ2n) is 4.97. The summed E-state index contributed by atoms with van der Waals surface area (Å²) in [4.78, 5) is 13.9. The van der Waals surface area contributed by atoms with E-state index in [9.17, 15) is 4.79 Å². The van der Waals surface area contributed by atoms with Crippen LogP contribution in [-0.2, 0) is 9.53 Å². The molecule has 0 aliphatic rings. The van der Waals surface area contributed by atoms with Gasteiger partial charge < -0.3 is 15.0 Å². The zero-order valence-electron chi connectivity index (χ0n) is 12.2. The van der Waals surface area contributed by atoms with Crippen molar-refractivity contribution in [3.63, 3.8) is 0 Å². The van der Waals surface area contributed by atoms with E-state index in [0.717, 1.165) is 19.4 Å². The first-order valence-electron chi connectivity index (χ1n) is 6.44. The van der Waals surface area contributed by atoms with E-state index in [0.29, 0.717) is 6.61 Å². The molecule has 0 heterocycles. The van der Waals surface area contributed by atoms with Gasteiger partial charge in [0.25, 0.3) is 0 Å². The van der Waals surface area contributed by atoms with Gasteiger partial charge in [-0.25, -0.2) is 0 Å². The third kappa shape index (κ3) is 5.50. The molecule has 17 heavy (non-hydrogen) atoms. The van der Waals surface area contributed by atoms with Gasteiger partial charge in [-0.05, 0) is 47.7 Å². The minimum absolute atomic E-state index is 0.155. The molecule has 0 aromatic carbocycles. The first-order valence-corrected chi connectivity index (χ1v) is 6.44. The summed E-state index contributed by atoms with van der Waals surface area (Å²) in [5, 5.41) is 3.01. The Morgan fingerprint density at radius 3 is 2.41 bits per heavy atom. The highest BCUT2D eigenvalue weighted by Gasteiger charge is 2.23. The normalized spacial score (nSPS) is 13.8. The Kier molecular flexibility index (Phi) is 7.39. The second kappa shape index (κ2) is 7.67. The lowest BCUT2D eigenvalue weighted by molar-refractivity contribution is -0.145. The highest BCUT2D eigenvalue weighted by molar-refractivity contribution is 5.75. The second-order valence-corrected chi connectivity index (χ2v) is 4.97. The quantitative estimate of drug-likeness (QED) is 0.659. The van der Waals surface area contributed by atoms with Crippen LogP contribution in [0.1, 0.15) is 40.5 Å². The largest absolute Gasteiger partial charge is 0.465 e. The van der Waals surface area contributed by atoms with Crippen molar-refractivity contribution in [2.24, 2.45) is 0 Å². The summed E-state index contributed by atoms with van der Waals surface area (Å²) in [5.74, 6) is -0.155. The minimum atomic E-state index is -0.204. The molecular formula is C13H28N2O2. The fraction of sp³-hybridized carbons (Fsp3) is 0.923. The molecule has 0 aromatic rings. The van der Waals surface area contributed by atoms with Crippen molar-refractivity contribution >= 4 is 5.97 Å². The third-order valence-corrected chi connectivity index (χ3v) is 3.57. The molecule has 4 nitrogen and oxygen atoms in total. The lowest BCUT2D eigenvalue weighted by Gasteiger charge is -2.35. The van der Waals surface area contributed by atoms with E-state index in [2.05, 4.69) is 38.0 Å². The summed E-state index contributed by atoms with van der Waals surface area (Å²) >= 11 is 0. The Morgan fingerprint density at radius 1 is 1.41 bits per heavy atom. The average Bonchev–Trinajstić information content (AvgIpc) is 2.29. The number of hydrogen-bond donors (Lipinski definition) is 1. The molecule has 0 bridgehead atoms. The Labute approximate surface area is 106 Å². The van der Waals surface area contributed by atoms with Crippen LogP contribution in [0.5, 0.6) is 0 Å². The Hall–Kier alpha value is -0.610. The lowest BCUT2D eigenvalue weighted by atomic mass is 9.99. The van der Waals surface area contributed by atoms with E-state index in [4.69, 9.17) is 4.74 Å². The number of ether oxygens (including phenoxy) is 1. The van der Waals surface area contributed by atoms with Crippen molar-refractivity contribution in [3.8, 4) is 0 Å². The van der Waals surface area contributed by atoms with Crippen LogP contribution in [0.3, 0.4) is 0 Å². The number of likely N-dealkylation sites (N-methyl/N-ethyl adjacent to an activating group) is 1. The molecule has 0 rings (SSSR count). The van der Waals surface area contributed by atoms with Gasteiger partial charge in [0, 0.05) is 12.1 Å². The number of carbonyl (C=O) groups is 1. The number of nitrogens with one attached hydrogen (secondary N) is 1. The molecule has 0 saturated carbocycles. The maximum atomic E-state index is 11.6. The van der Waals surface area contributed by atoms with Gasteiger partial charge in [0.1, 0.15) is 6.04 Å². The molecule has 0 aliphatic carbocycles. The van der Waals surface area contributed by atoms with Crippen LogP contribution >= 0.6 is 0 Å². The molecule has 0 aromatic heterocycles. The van der Waals surface area contributed by atoms with E-state index in [1.807, 2.05) is 6.92 Å². The highest BCUT2D eigenvalue weighted by Crippen LogP contribution is 2.16. The predicted octanol–water partition coefficient (Wildman–Crippen LogP) is 1.65. The Bertz CT molecular complexity index is 229. The zero-order chi connectivity index (χ0) is 13.5. The zero-order valence-corrected chi connectivity index (χ0v) is 12.2. The first-order chi connectivity index (χ1) is 7.88. The lowest BCUT2D eigenvalue weighted by Crippen LogP contribution is -2.44. The minimum Gasteiger partial charge on any atom is -0.465 e. The summed E-state index contributed by atoms with van der Waals surface area (Å²) in [6.45, 7) is 9.75. The van der Waals surface area contributed by atoms with Crippen LogP contribution in [0.15, 0.2) is 0 Å². The van der Waals surface area contributed by atoms with Gasteiger partial charge in [0.15, 0.2) is 0 Å². The average molecular weight is 244 g/mol. The summed E-state index contributed by atoms with van der Waals surface area (Å²) in [6, 6.07) is -0.204. The molecule has 0 spiro atoms. The van der Waals surface area contributed by atoms with E-state index in [-0.39, 0.29) is 17.6 Å². The number of nitrogens with zero attached hydrogens (tertiary/aromatic N) is 1. The summed E-state index contributed by atoms with van der Waals surface area (Å²) in [5.41, 5.74) is 0.174. The maximum Gasteiger partial charge on any atom is 0.323 e. The maximum absolute atomic E-state index is 11.6. The van der Waals surface area contributed by atoms with Gasteiger partial charge in [-0.1, -0.05) is 6.92 Å². The summed E-state index contributed by atoms with van der Waals surface area (Å²) in [7, 11) is 3.90. The number of rotatable bonds is 8. The monoisotopic (exact) mass is 244 g/mol. The molecule has 0 radical (unpaired) electrons. The van der Waals surface area contributed by atoms with Crippen LogP contribution in [0, 0.1) is 0 Å². The molecule has 1 unspecified atom stereocenters. The van der Waals surface area contributed by atoms with E-state index >= 15 is 0 Å². The Balaban J connectivity index is 4.19. The van der Waals surface area contributed by atoms with Gasteiger partial charge >= 0.3 is 5.97 Å². The number of esters is 1. The van der Waals surface area contributed by atoms with E-state index in [1.54, 1.807) is 7.05 Å². The van der Waals surface area contributed by atoms with Crippen LogP contribution in [-0.4, -0.2) is 49.7 Å². The van der Waals surface area contributed by atoms with Gasteiger partial charge in [-0.15, -0.1) is 0 Å². The van der Waals surface area contributed by atoms with Crippen LogP contribution in [0.4, 0.5) is 0 Å². The Morgan fingerprint density at radius 2 is 2.00 bits per heavy atom. The summed E-state index contributed by atoms with van der Waals surface area (Å²) in [6.07, 6.45) is 1.86. The topological polar surface area (TPSA) is 41.6 Å². The molecule has 0 saturated heterocycles. The standard InChI is InChI=1S/C13H28N2O2/c1-7-13(3,4)15(6)10-9-11(14-5)12(16)17-8-2/h11,14H,7-10H2,1-6H3.